The van der Waals surface area contributed by atoms with Crippen LogP contribution in [0.15, 0.2) is 6.20 Å². The van der Waals surface area contributed by atoms with Crippen molar-refractivity contribution in [2.75, 3.05) is 12.4 Å². The third-order valence-corrected chi connectivity index (χ3v) is 3.87. The zero-order valence-electron chi connectivity index (χ0n) is 8.97. The number of nitrogens with zero attached hydrogens (tertiary/aromatic N) is 3. The number of hydrogen-bond acceptors (Lipinski definition) is 5. The minimum absolute atomic E-state index is 0.0968. The van der Waals surface area contributed by atoms with Crippen LogP contribution in [0.5, 0.6) is 0 Å². The van der Waals surface area contributed by atoms with Crippen molar-refractivity contribution in [2.45, 2.75) is 31.3 Å². The summed E-state index contributed by atoms with van der Waals surface area (Å²) >= 11 is 1.84. The van der Waals surface area contributed by atoms with Crippen LogP contribution in [-0.4, -0.2) is 38.0 Å². The standard InChI is InChI=1S/C9H16N4OS/c1-9(2)6-15-8(10-9)7-5-13(3-4-14)12-11-7/h5,8,10,14H,3-4,6H2,1-2H3. The smallest absolute Gasteiger partial charge is 0.110 e. The summed E-state index contributed by atoms with van der Waals surface area (Å²) in [6.07, 6.45) is 1.89. The molecule has 1 unspecified atom stereocenters. The lowest BCUT2D eigenvalue weighted by molar-refractivity contribution is 0.268. The molecule has 1 saturated heterocycles. The Morgan fingerprint density at radius 2 is 2.53 bits per heavy atom. The van der Waals surface area contributed by atoms with E-state index in [2.05, 4.69) is 29.5 Å². The number of hydrogen-bond donors (Lipinski definition) is 2. The fraction of sp³-hybridized carbons (Fsp3) is 0.778. The fourth-order valence-corrected chi connectivity index (χ4v) is 2.88. The summed E-state index contributed by atoms with van der Waals surface area (Å²) in [6.45, 7) is 4.96. The van der Waals surface area contributed by atoms with E-state index in [0.717, 1.165) is 11.4 Å². The monoisotopic (exact) mass is 228 g/mol. The van der Waals surface area contributed by atoms with Crippen molar-refractivity contribution in [2.24, 2.45) is 0 Å². The van der Waals surface area contributed by atoms with Gasteiger partial charge in [0.2, 0.25) is 0 Å². The summed E-state index contributed by atoms with van der Waals surface area (Å²) in [4.78, 5) is 0. The molecule has 0 spiro atoms. The van der Waals surface area contributed by atoms with Crippen molar-refractivity contribution in [1.29, 1.82) is 0 Å². The van der Waals surface area contributed by atoms with Gasteiger partial charge in [0.05, 0.1) is 19.3 Å². The third-order valence-electron chi connectivity index (χ3n) is 2.29. The van der Waals surface area contributed by atoms with Crippen molar-refractivity contribution < 1.29 is 5.11 Å². The summed E-state index contributed by atoms with van der Waals surface area (Å²) in [7, 11) is 0. The van der Waals surface area contributed by atoms with E-state index in [1.54, 1.807) is 4.68 Å². The van der Waals surface area contributed by atoms with E-state index in [1.807, 2.05) is 18.0 Å². The highest BCUT2D eigenvalue weighted by Gasteiger charge is 2.32. The van der Waals surface area contributed by atoms with Crippen LogP contribution >= 0.6 is 11.8 Å². The maximum Gasteiger partial charge on any atom is 0.110 e. The maximum absolute atomic E-state index is 8.77. The lowest BCUT2D eigenvalue weighted by Gasteiger charge is -2.17. The fourth-order valence-electron chi connectivity index (χ4n) is 1.53. The molecule has 0 saturated carbocycles. The molecule has 6 heteroatoms. The molecule has 1 atom stereocenters. The van der Waals surface area contributed by atoms with E-state index in [-0.39, 0.29) is 17.5 Å². The highest BCUT2D eigenvalue weighted by atomic mass is 32.2. The molecule has 1 fully saturated rings. The van der Waals surface area contributed by atoms with Gasteiger partial charge in [-0.1, -0.05) is 5.21 Å². The van der Waals surface area contributed by atoms with E-state index < -0.39 is 0 Å². The molecule has 2 N–H and O–H groups in total. The molecule has 0 aliphatic carbocycles. The first-order valence-electron chi connectivity index (χ1n) is 5.01. The van der Waals surface area contributed by atoms with Gasteiger partial charge in [-0.15, -0.1) is 16.9 Å². The van der Waals surface area contributed by atoms with Gasteiger partial charge in [0, 0.05) is 11.3 Å². The number of rotatable bonds is 3. The Morgan fingerprint density at radius 1 is 1.73 bits per heavy atom. The molecule has 1 aromatic heterocycles. The molecule has 15 heavy (non-hydrogen) atoms. The predicted molar refractivity (Wildman–Crippen MR) is 59.5 cm³/mol. The predicted octanol–water partition coefficient (Wildman–Crippen LogP) is 0.384. The van der Waals surface area contributed by atoms with Crippen LogP contribution in [0.2, 0.25) is 0 Å². The summed E-state index contributed by atoms with van der Waals surface area (Å²) in [5, 5.41) is 20.5. The number of aliphatic hydroxyl groups is 1. The molecule has 1 aliphatic rings. The van der Waals surface area contributed by atoms with Gasteiger partial charge in [-0.2, -0.15) is 0 Å². The van der Waals surface area contributed by atoms with Crippen LogP contribution < -0.4 is 5.32 Å². The zero-order chi connectivity index (χ0) is 10.9. The molecule has 1 aliphatic heterocycles. The van der Waals surface area contributed by atoms with Gasteiger partial charge >= 0.3 is 0 Å². The average molecular weight is 228 g/mol. The first-order chi connectivity index (χ1) is 7.11. The van der Waals surface area contributed by atoms with Gasteiger partial charge in [-0.25, -0.2) is 4.68 Å². The van der Waals surface area contributed by atoms with Gasteiger partial charge < -0.3 is 5.11 Å². The second kappa shape index (κ2) is 4.11. The van der Waals surface area contributed by atoms with E-state index in [1.165, 1.54) is 0 Å². The summed E-state index contributed by atoms with van der Waals surface area (Å²) in [6, 6.07) is 0. The van der Waals surface area contributed by atoms with Crippen molar-refractivity contribution in [1.82, 2.24) is 20.3 Å². The lowest BCUT2D eigenvalue weighted by atomic mass is 10.1. The Balaban J connectivity index is 2.04. The molecule has 5 nitrogen and oxygen atoms in total. The third kappa shape index (κ3) is 2.50. The van der Waals surface area contributed by atoms with Crippen molar-refractivity contribution in [3.63, 3.8) is 0 Å². The minimum atomic E-state index is 0.0968. The van der Waals surface area contributed by atoms with E-state index in [4.69, 9.17) is 5.11 Å². The molecule has 0 bridgehead atoms. The Kier molecular flexibility index (Phi) is 2.99. The minimum Gasteiger partial charge on any atom is -0.394 e. The molecule has 2 rings (SSSR count). The van der Waals surface area contributed by atoms with Crippen molar-refractivity contribution >= 4 is 11.8 Å². The van der Waals surface area contributed by atoms with Gasteiger partial charge in [0.25, 0.3) is 0 Å². The molecule has 0 radical (unpaired) electrons. The summed E-state index contributed by atoms with van der Waals surface area (Å²) < 4.78 is 1.67. The molecule has 2 heterocycles. The average Bonchev–Trinajstić information content (AvgIpc) is 2.73. The van der Waals surface area contributed by atoms with Gasteiger partial charge in [0.15, 0.2) is 0 Å². The van der Waals surface area contributed by atoms with Crippen molar-refractivity contribution in [3.8, 4) is 0 Å². The Hall–Kier alpha value is -0.590. The van der Waals surface area contributed by atoms with Crippen LogP contribution in [0.1, 0.15) is 24.9 Å². The molecule has 1 aromatic rings. The molecule has 0 amide bonds. The van der Waals surface area contributed by atoms with E-state index in [0.29, 0.717) is 6.54 Å². The largest absolute Gasteiger partial charge is 0.394 e. The van der Waals surface area contributed by atoms with Crippen LogP contribution in [0.25, 0.3) is 0 Å². The Bertz CT molecular complexity index is 339. The molecule has 84 valence electrons. The van der Waals surface area contributed by atoms with Crippen molar-refractivity contribution in [3.05, 3.63) is 11.9 Å². The maximum atomic E-state index is 8.77. The SMILES string of the molecule is CC1(C)CSC(c2cn(CCO)nn2)N1. The number of aliphatic hydroxyl groups excluding tert-OH is 1. The number of thioether (sulfide) groups is 1. The highest BCUT2D eigenvalue weighted by molar-refractivity contribution is 7.99. The van der Waals surface area contributed by atoms with Gasteiger partial charge in [-0.3, -0.25) is 5.32 Å². The Morgan fingerprint density at radius 3 is 3.13 bits per heavy atom. The first-order valence-corrected chi connectivity index (χ1v) is 6.06. The number of aromatic nitrogens is 3. The highest BCUT2D eigenvalue weighted by Crippen LogP contribution is 2.35. The second-order valence-corrected chi connectivity index (χ2v) is 5.44. The van der Waals surface area contributed by atoms with Crippen LogP contribution in [-0.2, 0) is 6.54 Å². The number of nitrogens with one attached hydrogen (secondary N) is 1. The van der Waals surface area contributed by atoms with Gasteiger partial charge in [-0.05, 0) is 13.8 Å². The molecular weight excluding hydrogens is 212 g/mol. The second-order valence-electron chi connectivity index (χ2n) is 4.35. The van der Waals surface area contributed by atoms with Crippen LogP contribution in [0.3, 0.4) is 0 Å². The molecule has 0 aromatic carbocycles. The lowest BCUT2D eigenvalue weighted by Crippen LogP contribution is -2.35. The zero-order valence-corrected chi connectivity index (χ0v) is 9.79. The van der Waals surface area contributed by atoms with E-state index in [9.17, 15) is 0 Å². The summed E-state index contributed by atoms with van der Waals surface area (Å²) in [5.74, 6) is 1.07. The summed E-state index contributed by atoms with van der Waals surface area (Å²) in [5.41, 5.74) is 1.11. The van der Waals surface area contributed by atoms with E-state index >= 15 is 0 Å². The quantitative estimate of drug-likeness (QED) is 0.783. The van der Waals surface area contributed by atoms with Gasteiger partial charge in [0.1, 0.15) is 11.1 Å². The topological polar surface area (TPSA) is 63.0 Å². The van der Waals surface area contributed by atoms with Crippen LogP contribution in [0.4, 0.5) is 0 Å². The van der Waals surface area contributed by atoms with Crippen LogP contribution in [0, 0.1) is 0 Å². The molecular formula is C9H16N4OS. The normalized spacial score (nSPS) is 24.6. The Labute approximate surface area is 93.2 Å². The first kappa shape index (κ1) is 10.9.